The third kappa shape index (κ3) is 2.26. The third-order valence-corrected chi connectivity index (χ3v) is 3.58. The normalized spacial score (nSPS) is 11.0. The molecule has 3 heterocycles. The number of fused-ring (bicyclic) bond motifs is 1. The van der Waals surface area contributed by atoms with Crippen LogP contribution >= 0.6 is 0 Å². The van der Waals surface area contributed by atoms with Crippen LogP contribution in [-0.2, 0) is 0 Å². The number of nitrogen functional groups attached to an aromatic ring is 1. The predicted octanol–water partition coefficient (Wildman–Crippen LogP) is 2.17. The molecule has 0 fully saturated rings. The fourth-order valence-electron chi connectivity index (χ4n) is 2.40. The minimum Gasteiger partial charge on any atom is -0.399 e. The van der Waals surface area contributed by atoms with Crippen molar-refractivity contribution in [2.75, 3.05) is 11.1 Å². The second-order valence-electron chi connectivity index (χ2n) is 5.12. The molecule has 114 valence electrons. The van der Waals surface area contributed by atoms with Crippen LogP contribution in [0.25, 0.3) is 17.0 Å². The highest BCUT2D eigenvalue weighted by atomic mass is 15.2. The van der Waals surface area contributed by atoms with E-state index in [-0.39, 0.29) is 0 Å². The van der Waals surface area contributed by atoms with Crippen molar-refractivity contribution in [1.82, 2.24) is 29.5 Å². The summed E-state index contributed by atoms with van der Waals surface area (Å²) < 4.78 is 1.84. The van der Waals surface area contributed by atoms with Crippen molar-refractivity contribution in [3.8, 4) is 5.82 Å². The van der Waals surface area contributed by atoms with Crippen molar-refractivity contribution in [2.45, 2.75) is 6.92 Å². The summed E-state index contributed by atoms with van der Waals surface area (Å²) in [5.41, 5.74) is 9.88. The minimum absolute atomic E-state index is 0.606. The molecule has 0 amide bonds. The number of aromatic nitrogens is 6. The topological polar surface area (TPSA) is 110 Å². The molecule has 0 atom stereocenters. The number of hydrogen-bond donors (Lipinski definition) is 3. The van der Waals surface area contributed by atoms with E-state index in [2.05, 4.69) is 30.2 Å². The first-order valence-electron chi connectivity index (χ1n) is 7.03. The Kier molecular flexibility index (Phi) is 2.94. The number of benzene rings is 1. The molecule has 0 radical (unpaired) electrons. The summed E-state index contributed by atoms with van der Waals surface area (Å²) in [6, 6.07) is 5.70. The molecule has 8 heteroatoms. The van der Waals surface area contributed by atoms with E-state index in [9.17, 15) is 0 Å². The Balaban J connectivity index is 1.80. The van der Waals surface area contributed by atoms with Gasteiger partial charge in [-0.3, -0.25) is 4.57 Å². The highest BCUT2D eigenvalue weighted by Crippen LogP contribution is 2.24. The van der Waals surface area contributed by atoms with Gasteiger partial charge in [0.05, 0.1) is 6.33 Å². The van der Waals surface area contributed by atoms with Crippen LogP contribution in [0, 0.1) is 6.92 Å². The van der Waals surface area contributed by atoms with Crippen LogP contribution in [0.2, 0.25) is 0 Å². The van der Waals surface area contributed by atoms with Gasteiger partial charge < -0.3 is 16.0 Å². The first-order chi connectivity index (χ1) is 11.2. The summed E-state index contributed by atoms with van der Waals surface area (Å²) >= 11 is 0. The van der Waals surface area contributed by atoms with Gasteiger partial charge in [0.1, 0.15) is 11.8 Å². The summed E-state index contributed by atoms with van der Waals surface area (Å²) in [6.45, 7) is 2.01. The highest BCUT2D eigenvalue weighted by molar-refractivity contribution is 5.78. The van der Waals surface area contributed by atoms with Gasteiger partial charge in [-0.2, -0.15) is 0 Å². The average molecular weight is 306 g/mol. The fraction of sp³-hybridized carbons (Fsp3) is 0.0667. The van der Waals surface area contributed by atoms with Crippen LogP contribution in [0.4, 0.5) is 17.3 Å². The quantitative estimate of drug-likeness (QED) is 0.500. The molecule has 0 spiro atoms. The Morgan fingerprint density at radius 3 is 3.00 bits per heavy atom. The fourth-order valence-corrected chi connectivity index (χ4v) is 2.40. The molecule has 0 unspecified atom stereocenters. The molecule has 4 rings (SSSR count). The van der Waals surface area contributed by atoms with Crippen molar-refractivity contribution in [1.29, 1.82) is 0 Å². The first-order valence-corrected chi connectivity index (χ1v) is 7.03. The van der Waals surface area contributed by atoms with Gasteiger partial charge in [0, 0.05) is 23.8 Å². The molecular formula is C15H14N8. The average Bonchev–Trinajstić information content (AvgIpc) is 3.19. The SMILES string of the molecule is Cc1ccc(N)cc1Nc1nccn1-c1ncnc2nc[nH]c12. The Morgan fingerprint density at radius 2 is 2.09 bits per heavy atom. The largest absolute Gasteiger partial charge is 0.399 e. The zero-order chi connectivity index (χ0) is 15.8. The van der Waals surface area contributed by atoms with E-state index in [1.165, 1.54) is 6.33 Å². The number of rotatable bonds is 3. The molecule has 0 aliphatic carbocycles. The van der Waals surface area contributed by atoms with Gasteiger partial charge in [0.25, 0.3) is 0 Å². The molecule has 8 nitrogen and oxygen atoms in total. The van der Waals surface area contributed by atoms with Gasteiger partial charge >= 0.3 is 0 Å². The lowest BCUT2D eigenvalue weighted by Gasteiger charge is -2.12. The van der Waals surface area contributed by atoms with Gasteiger partial charge in [-0.05, 0) is 24.6 Å². The number of imidazole rings is 2. The van der Waals surface area contributed by atoms with Crippen molar-refractivity contribution >= 4 is 28.5 Å². The van der Waals surface area contributed by atoms with Crippen LogP contribution in [-0.4, -0.2) is 29.5 Å². The lowest BCUT2D eigenvalue weighted by molar-refractivity contribution is 0.994. The van der Waals surface area contributed by atoms with Gasteiger partial charge in [-0.15, -0.1) is 0 Å². The number of hydrogen-bond acceptors (Lipinski definition) is 6. The smallest absolute Gasteiger partial charge is 0.213 e. The number of anilines is 3. The summed E-state index contributed by atoms with van der Waals surface area (Å²) in [7, 11) is 0. The molecule has 0 aliphatic heterocycles. The van der Waals surface area contributed by atoms with E-state index in [0.29, 0.717) is 23.1 Å². The number of nitrogens with two attached hydrogens (primary N) is 1. The van der Waals surface area contributed by atoms with Crippen LogP contribution in [0.5, 0.6) is 0 Å². The highest BCUT2D eigenvalue weighted by Gasteiger charge is 2.12. The van der Waals surface area contributed by atoms with Gasteiger partial charge in [-0.1, -0.05) is 6.07 Å². The van der Waals surface area contributed by atoms with E-state index >= 15 is 0 Å². The van der Waals surface area contributed by atoms with Crippen molar-refractivity contribution in [3.05, 3.63) is 48.8 Å². The van der Waals surface area contributed by atoms with Gasteiger partial charge in [-0.25, -0.2) is 19.9 Å². The Labute approximate surface area is 131 Å². The van der Waals surface area contributed by atoms with Crippen LogP contribution in [0.15, 0.2) is 43.2 Å². The van der Waals surface area contributed by atoms with Crippen molar-refractivity contribution in [3.63, 3.8) is 0 Å². The molecule has 0 bridgehead atoms. The van der Waals surface area contributed by atoms with E-state index in [1.54, 1.807) is 12.5 Å². The number of nitrogens with zero attached hydrogens (tertiary/aromatic N) is 5. The Hall–Kier alpha value is -3.42. The second kappa shape index (κ2) is 5.09. The Bertz CT molecular complexity index is 984. The molecule has 0 saturated carbocycles. The van der Waals surface area contributed by atoms with Crippen molar-refractivity contribution in [2.24, 2.45) is 0 Å². The number of aromatic amines is 1. The van der Waals surface area contributed by atoms with E-state index < -0.39 is 0 Å². The minimum atomic E-state index is 0.606. The van der Waals surface area contributed by atoms with Crippen molar-refractivity contribution < 1.29 is 0 Å². The molecule has 0 aliphatic rings. The molecule has 23 heavy (non-hydrogen) atoms. The lowest BCUT2D eigenvalue weighted by Crippen LogP contribution is -2.05. The third-order valence-electron chi connectivity index (χ3n) is 3.58. The zero-order valence-electron chi connectivity index (χ0n) is 12.4. The summed E-state index contributed by atoms with van der Waals surface area (Å²) in [5.74, 6) is 1.31. The molecule has 3 aromatic heterocycles. The predicted molar refractivity (Wildman–Crippen MR) is 87.7 cm³/mol. The van der Waals surface area contributed by atoms with Crippen LogP contribution in [0.1, 0.15) is 5.56 Å². The Morgan fingerprint density at radius 1 is 1.17 bits per heavy atom. The lowest BCUT2D eigenvalue weighted by atomic mass is 10.2. The van der Waals surface area contributed by atoms with Crippen LogP contribution in [0.3, 0.4) is 0 Å². The summed E-state index contributed by atoms with van der Waals surface area (Å²) in [6.07, 6.45) is 6.60. The summed E-state index contributed by atoms with van der Waals surface area (Å²) in [5, 5.41) is 3.29. The van der Waals surface area contributed by atoms with Gasteiger partial charge in [0.15, 0.2) is 11.5 Å². The maximum atomic E-state index is 5.87. The van der Waals surface area contributed by atoms with Gasteiger partial charge in [0.2, 0.25) is 5.95 Å². The monoisotopic (exact) mass is 306 g/mol. The maximum Gasteiger partial charge on any atom is 0.213 e. The molecular weight excluding hydrogens is 292 g/mol. The molecule has 0 saturated heterocycles. The summed E-state index contributed by atoms with van der Waals surface area (Å²) in [4.78, 5) is 20.0. The zero-order valence-corrected chi connectivity index (χ0v) is 12.4. The maximum absolute atomic E-state index is 5.87. The first kappa shape index (κ1) is 13.3. The van der Waals surface area contributed by atoms with E-state index in [0.717, 1.165) is 16.8 Å². The number of nitrogens with one attached hydrogen (secondary N) is 2. The molecule has 4 N–H and O–H groups in total. The van der Waals surface area contributed by atoms with E-state index in [4.69, 9.17) is 5.73 Å². The second-order valence-corrected chi connectivity index (χ2v) is 5.12. The number of aryl methyl sites for hydroxylation is 1. The van der Waals surface area contributed by atoms with E-state index in [1.807, 2.05) is 35.9 Å². The molecule has 4 aromatic rings. The number of H-pyrrole nitrogens is 1. The standard InChI is InChI=1S/C15H14N8/c1-9-2-3-10(16)6-11(9)22-15-17-4-5-23(15)14-12-13(19-7-18-12)20-8-21-14/h2-8H,16H2,1H3,(H,17,22)(H,18,19,20,21). The van der Waals surface area contributed by atoms with Crippen LogP contribution < -0.4 is 11.1 Å². The molecule has 1 aromatic carbocycles.